The maximum absolute atomic E-state index is 9.56. The standard InChI is InChI=1S/C8H10.C2H6OS/c1-7-3-5-8(2)6-4-7;1-4(2)3/h3-6H,1-2H3;1-2H3. The lowest BCUT2D eigenvalue weighted by atomic mass is 10.2. The maximum atomic E-state index is 9.56. The molecule has 0 saturated carbocycles. The molecule has 12 heavy (non-hydrogen) atoms. The summed E-state index contributed by atoms with van der Waals surface area (Å²) in [7, 11) is -0.611. The lowest BCUT2D eigenvalue weighted by Crippen LogP contribution is -1.70. The van der Waals surface area contributed by atoms with Crippen molar-refractivity contribution in [1.29, 1.82) is 0 Å². The molecule has 68 valence electrons. The third kappa shape index (κ3) is 7.48. The second-order valence-corrected chi connectivity index (χ2v) is 4.38. The van der Waals surface area contributed by atoms with E-state index in [1.54, 1.807) is 12.5 Å². The molecule has 2 heteroatoms. The molecule has 0 aliphatic heterocycles. The quantitative estimate of drug-likeness (QED) is 0.604. The van der Waals surface area contributed by atoms with Gasteiger partial charge in [0.15, 0.2) is 0 Å². The highest BCUT2D eigenvalue weighted by Crippen LogP contribution is 1.99. The first kappa shape index (κ1) is 11.4. The molecule has 1 rings (SSSR count). The highest BCUT2D eigenvalue weighted by atomic mass is 32.2. The summed E-state index contributed by atoms with van der Waals surface area (Å²) < 4.78 is 9.56. The second kappa shape index (κ2) is 5.95. The van der Waals surface area contributed by atoms with E-state index >= 15 is 0 Å². The van der Waals surface area contributed by atoms with E-state index in [9.17, 15) is 4.21 Å². The van der Waals surface area contributed by atoms with Gasteiger partial charge in [-0.15, -0.1) is 0 Å². The Kier molecular flexibility index (Phi) is 5.64. The Bertz CT molecular complexity index is 214. The van der Waals surface area contributed by atoms with Gasteiger partial charge in [0.25, 0.3) is 0 Å². The summed E-state index contributed by atoms with van der Waals surface area (Å²) in [6.07, 6.45) is 3.28. The van der Waals surface area contributed by atoms with Gasteiger partial charge in [-0.1, -0.05) is 35.4 Å². The van der Waals surface area contributed by atoms with E-state index in [0.717, 1.165) is 0 Å². The largest absolute Gasteiger partial charge is 0.260 e. The summed E-state index contributed by atoms with van der Waals surface area (Å²) in [5.41, 5.74) is 2.66. The van der Waals surface area contributed by atoms with Crippen molar-refractivity contribution >= 4 is 10.8 Å². The zero-order valence-corrected chi connectivity index (χ0v) is 8.94. The molecule has 0 unspecified atom stereocenters. The van der Waals surface area contributed by atoms with Crippen molar-refractivity contribution in [3.8, 4) is 0 Å². The van der Waals surface area contributed by atoms with E-state index in [-0.39, 0.29) is 0 Å². The van der Waals surface area contributed by atoms with Crippen LogP contribution in [0.1, 0.15) is 11.1 Å². The fourth-order valence-corrected chi connectivity index (χ4v) is 0.637. The van der Waals surface area contributed by atoms with Crippen LogP contribution in [-0.4, -0.2) is 16.7 Å². The summed E-state index contributed by atoms with van der Waals surface area (Å²) in [6.45, 7) is 4.19. The van der Waals surface area contributed by atoms with Crippen molar-refractivity contribution in [2.24, 2.45) is 0 Å². The Labute approximate surface area is 77.3 Å². The average Bonchev–Trinajstić information content (AvgIpc) is 1.94. The number of hydrogen-bond donors (Lipinski definition) is 0. The molecule has 0 bridgehead atoms. The number of aryl methyl sites for hydroxylation is 2. The molecule has 1 nitrogen and oxygen atoms in total. The third-order valence-electron chi connectivity index (χ3n) is 1.22. The smallest absolute Gasteiger partial charge is 0.0148 e. The van der Waals surface area contributed by atoms with Gasteiger partial charge in [0, 0.05) is 23.3 Å². The molecule has 0 aliphatic carbocycles. The lowest BCUT2D eigenvalue weighted by molar-refractivity contribution is 0.690. The molecule has 0 heterocycles. The van der Waals surface area contributed by atoms with Gasteiger partial charge in [0.1, 0.15) is 0 Å². The minimum atomic E-state index is -0.611. The normalized spacial score (nSPS) is 9.08. The van der Waals surface area contributed by atoms with E-state index in [2.05, 4.69) is 38.1 Å². The van der Waals surface area contributed by atoms with Crippen LogP contribution in [-0.2, 0) is 10.8 Å². The first-order chi connectivity index (χ1) is 5.52. The van der Waals surface area contributed by atoms with Crippen molar-refractivity contribution in [2.75, 3.05) is 12.5 Å². The Morgan fingerprint density at radius 1 is 0.917 bits per heavy atom. The third-order valence-corrected chi connectivity index (χ3v) is 1.22. The van der Waals surface area contributed by atoms with Crippen LogP contribution >= 0.6 is 0 Å². The summed E-state index contributed by atoms with van der Waals surface area (Å²) in [6, 6.07) is 8.48. The lowest BCUT2D eigenvalue weighted by Gasteiger charge is -1.90. The molecule has 0 N–H and O–H groups in total. The summed E-state index contributed by atoms with van der Waals surface area (Å²) in [5.74, 6) is 0. The minimum absolute atomic E-state index is 0.611. The van der Waals surface area contributed by atoms with Crippen molar-refractivity contribution < 1.29 is 4.21 Å². The van der Waals surface area contributed by atoms with E-state index in [1.807, 2.05) is 0 Å². The van der Waals surface area contributed by atoms with Crippen molar-refractivity contribution in [3.63, 3.8) is 0 Å². The van der Waals surface area contributed by atoms with E-state index in [1.165, 1.54) is 11.1 Å². The fraction of sp³-hybridized carbons (Fsp3) is 0.400. The van der Waals surface area contributed by atoms with E-state index in [0.29, 0.717) is 0 Å². The number of benzene rings is 1. The average molecular weight is 184 g/mol. The highest BCUT2D eigenvalue weighted by molar-refractivity contribution is 7.83. The molecule has 0 fully saturated rings. The molecule has 1 aromatic rings. The maximum Gasteiger partial charge on any atom is 0.0148 e. The molecule has 0 aromatic heterocycles. The van der Waals surface area contributed by atoms with Crippen LogP contribution in [0.3, 0.4) is 0 Å². The van der Waals surface area contributed by atoms with Crippen molar-refractivity contribution in [2.45, 2.75) is 13.8 Å². The Balaban J connectivity index is 0.000000261. The van der Waals surface area contributed by atoms with Gasteiger partial charge in [-0.3, -0.25) is 4.21 Å². The van der Waals surface area contributed by atoms with Gasteiger partial charge in [-0.2, -0.15) is 0 Å². The molecule has 0 radical (unpaired) electrons. The number of rotatable bonds is 0. The van der Waals surface area contributed by atoms with Crippen molar-refractivity contribution in [3.05, 3.63) is 35.4 Å². The first-order valence-electron chi connectivity index (χ1n) is 3.80. The van der Waals surface area contributed by atoms with Crippen molar-refractivity contribution in [1.82, 2.24) is 0 Å². The highest BCUT2D eigenvalue weighted by Gasteiger charge is 1.79. The SMILES string of the molecule is CS(C)=O.Cc1ccc(C)cc1. The summed E-state index contributed by atoms with van der Waals surface area (Å²) in [4.78, 5) is 0. The van der Waals surface area contributed by atoms with Crippen LogP contribution in [0.5, 0.6) is 0 Å². The van der Waals surface area contributed by atoms with Crippen LogP contribution < -0.4 is 0 Å². The number of hydrogen-bond acceptors (Lipinski definition) is 1. The van der Waals surface area contributed by atoms with Gasteiger partial charge < -0.3 is 0 Å². The van der Waals surface area contributed by atoms with Crippen LogP contribution in [0.15, 0.2) is 24.3 Å². The topological polar surface area (TPSA) is 17.1 Å². The zero-order chi connectivity index (χ0) is 9.56. The fourth-order valence-electron chi connectivity index (χ4n) is 0.637. The van der Waals surface area contributed by atoms with Crippen LogP contribution in [0.4, 0.5) is 0 Å². The molecule has 0 amide bonds. The van der Waals surface area contributed by atoms with Crippen LogP contribution in [0, 0.1) is 13.8 Å². The Morgan fingerprint density at radius 3 is 1.25 bits per heavy atom. The molecule has 0 saturated heterocycles. The Morgan fingerprint density at radius 2 is 1.08 bits per heavy atom. The minimum Gasteiger partial charge on any atom is -0.260 e. The summed E-state index contributed by atoms with van der Waals surface area (Å²) >= 11 is 0. The molecule has 0 atom stereocenters. The first-order valence-corrected chi connectivity index (χ1v) is 5.77. The predicted octanol–water partition coefficient (Wildman–Crippen LogP) is 2.30. The van der Waals surface area contributed by atoms with Gasteiger partial charge >= 0.3 is 0 Å². The van der Waals surface area contributed by atoms with Gasteiger partial charge in [0.2, 0.25) is 0 Å². The van der Waals surface area contributed by atoms with E-state index < -0.39 is 10.8 Å². The summed E-state index contributed by atoms with van der Waals surface area (Å²) in [5, 5.41) is 0. The molecular weight excluding hydrogens is 168 g/mol. The predicted molar refractivity (Wildman–Crippen MR) is 55.9 cm³/mol. The molecule has 1 aromatic carbocycles. The molecule has 0 aliphatic rings. The van der Waals surface area contributed by atoms with Gasteiger partial charge in [0.05, 0.1) is 0 Å². The Hall–Kier alpha value is -0.630. The van der Waals surface area contributed by atoms with Gasteiger partial charge in [-0.05, 0) is 13.8 Å². The van der Waals surface area contributed by atoms with E-state index in [4.69, 9.17) is 0 Å². The monoisotopic (exact) mass is 184 g/mol. The zero-order valence-electron chi connectivity index (χ0n) is 8.13. The van der Waals surface area contributed by atoms with Crippen LogP contribution in [0.25, 0.3) is 0 Å². The molecular formula is C10H16OS. The molecule has 0 spiro atoms. The second-order valence-electron chi connectivity index (χ2n) is 2.90. The van der Waals surface area contributed by atoms with Crippen LogP contribution in [0.2, 0.25) is 0 Å². The van der Waals surface area contributed by atoms with Gasteiger partial charge in [-0.25, -0.2) is 0 Å².